The van der Waals surface area contributed by atoms with E-state index in [1.807, 2.05) is 43.3 Å². The van der Waals surface area contributed by atoms with Gasteiger partial charge in [0, 0.05) is 36.1 Å². The van der Waals surface area contributed by atoms with Crippen molar-refractivity contribution in [1.82, 2.24) is 10.3 Å². The van der Waals surface area contributed by atoms with Crippen LogP contribution >= 0.6 is 0 Å². The lowest BCUT2D eigenvalue weighted by Crippen LogP contribution is -2.23. The molecular weight excluding hydrogens is 442 g/mol. The van der Waals surface area contributed by atoms with Crippen LogP contribution < -0.4 is 20.1 Å². The largest absolute Gasteiger partial charge is 0.490 e. The van der Waals surface area contributed by atoms with E-state index in [2.05, 4.69) is 15.6 Å². The zero-order valence-corrected chi connectivity index (χ0v) is 20.0. The molecule has 1 saturated carbocycles. The van der Waals surface area contributed by atoms with Crippen LogP contribution in [0.1, 0.15) is 54.1 Å². The van der Waals surface area contributed by atoms with Gasteiger partial charge in [-0.05, 0) is 73.4 Å². The number of nitrogens with zero attached hydrogens (tertiary/aromatic N) is 1. The lowest BCUT2D eigenvalue weighted by molar-refractivity contribution is -0.119. The predicted octanol–water partition coefficient (Wildman–Crippen LogP) is 5.12. The number of carbonyl (C=O) groups excluding carboxylic acids is 2. The third-order valence-corrected chi connectivity index (χ3v) is 6.02. The molecule has 7 nitrogen and oxygen atoms in total. The molecule has 0 spiro atoms. The average Bonchev–Trinajstić information content (AvgIpc) is 3.43. The van der Waals surface area contributed by atoms with Crippen molar-refractivity contribution in [3.63, 3.8) is 0 Å². The molecule has 1 heterocycles. The smallest absolute Gasteiger partial charge is 0.251 e. The van der Waals surface area contributed by atoms with Gasteiger partial charge in [-0.2, -0.15) is 0 Å². The molecule has 1 aliphatic carbocycles. The number of hydrogen-bond donors (Lipinski definition) is 2. The van der Waals surface area contributed by atoms with Crippen molar-refractivity contribution in [3.8, 4) is 11.5 Å². The predicted molar refractivity (Wildman–Crippen MR) is 134 cm³/mol. The number of carbonyl (C=O) groups is 2. The summed E-state index contributed by atoms with van der Waals surface area (Å²) in [6, 6.07) is 16.5. The van der Waals surface area contributed by atoms with E-state index in [0.29, 0.717) is 36.8 Å². The zero-order valence-electron chi connectivity index (χ0n) is 20.0. The molecule has 1 fully saturated rings. The molecule has 2 amide bonds. The second-order valence-corrected chi connectivity index (χ2v) is 8.59. The van der Waals surface area contributed by atoms with E-state index in [1.54, 1.807) is 30.6 Å². The number of aromatic nitrogens is 1. The van der Waals surface area contributed by atoms with Gasteiger partial charge in [-0.15, -0.1) is 0 Å². The monoisotopic (exact) mass is 473 g/mol. The van der Waals surface area contributed by atoms with Crippen molar-refractivity contribution in [2.45, 2.75) is 45.8 Å². The van der Waals surface area contributed by atoms with Gasteiger partial charge < -0.3 is 20.1 Å². The van der Waals surface area contributed by atoms with Gasteiger partial charge >= 0.3 is 0 Å². The average molecular weight is 474 g/mol. The van der Waals surface area contributed by atoms with Crippen LogP contribution in [0.4, 0.5) is 5.69 Å². The van der Waals surface area contributed by atoms with Crippen LogP contribution in [0.15, 0.2) is 67.0 Å². The topological polar surface area (TPSA) is 89.6 Å². The third-order valence-electron chi connectivity index (χ3n) is 6.02. The normalized spacial score (nSPS) is 13.3. The maximum absolute atomic E-state index is 12.8. The molecular formula is C28H31N3O4. The molecule has 182 valence electrons. The molecule has 35 heavy (non-hydrogen) atoms. The summed E-state index contributed by atoms with van der Waals surface area (Å²) in [6.45, 7) is 3.06. The summed E-state index contributed by atoms with van der Waals surface area (Å²) in [5.41, 5.74) is 3.13. The molecule has 4 rings (SSSR count). The van der Waals surface area contributed by atoms with Crippen molar-refractivity contribution in [1.29, 1.82) is 0 Å². The van der Waals surface area contributed by atoms with Crippen LogP contribution in [0, 0.1) is 5.92 Å². The van der Waals surface area contributed by atoms with Crippen molar-refractivity contribution < 1.29 is 19.1 Å². The van der Waals surface area contributed by atoms with Gasteiger partial charge in [-0.1, -0.05) is 25.0 Å². The summed E-state index contributed by atoms with van der Waals surface area (Å²) in [5, 5.41) is 5.95. The Balaban J connectivity index is 1.35. The summed E-state index contributed by atoms with van der Waals surface area (Å²) in [5.74, 6) is 1.07. The first kappa shape index (κ1) is 24.3. The molecule has 7 heteroatoms. The van der Waals surface area contributed by atoms with E-state index in [9.17, 15) is 9.59 Å². The lowest BCUT2D eigenvalue weighted by atomic mass is 10.1. The van der Waals surface area contributed by atoms with Crippen LogP contribution in [-0.2, 0) is 17.9 Å². The number of ether oxygens (including phenoxy) is 2. The number of anilines is 1. The van der Waals surface area contributed by atoms with Crippen LogP contribution in [0.25, 0.3) is 0 Å². The number of hydrogen-bond acceptors (Lipinski definition) is 5. The quantitative estimate of drug-likeness (QED) is 0.427. The fourth-order valence-corrected chi connectivity index (χ4v) is 4.15. The second-order valence-electron chi connectivity index (χ2n) is 8.59. The van der Waals surface area contributed by atoms with Gasteiger partial charge in [0.15, 0.2) is 11.5 Å². The number of benzene rings is 2. The first-order valence-corrected chi connectivity index (χ1v) is 12.1. The Morgan fingerprint density at radius 1 is 0.943 bits per heavy atom. The van der Waals surface area contributed by atoms with E-state index < -0.39 is 0 Å². The summed E-state index contributed by atoms with van der Waals surface area (Å²) in [4.78, 5) is 29.2. The van der Waals surface area contributed by atoms with Crippen molar-refractivity contribution in [2.75, 3.05) is 11.9 Å². The molecule has 3 aromatic rings. The second kappa shape index (κ2) is 12.0. The summed E-state index contributed by atoms with van der Waals surface area (Å²) < 4.78 is 11.6. The maximum atomic E-state index is 12.8. The SMILES string of the molecule is CCOc1cc(C(=O)NCc2cccc(NC(=O)C3CCCC3)c2)ccc1OCc1ccncc1. The minimum absolute atomic E-state index is 0.0818. The Labute approximate surface area is 205 Å². The molecule has 2 N–H and O–H groups in total. The van der Waals surface area contributed by atoms with Gasteiger partial charge in [-0.3, -0.25) is 14.6 Å². The van der Waals surface area contributed by atoms with Crippen LogP contribution in [0.2, 0.25) is 0 Å². The Kier molecular flexibility index (Phi) is 8.33. The van der Waals surface area contributed by atoms with Crippen molar-refractivity contribution >= 4 is 17.5 Å². The summed E-state index contributed by atoms with van der Waals surface area (Å²) in [6.07, 6.45) is 7.58. The Morgan fingerprint density at radius 2 is 1.74 bits per heavy atom. The Hall–Kier alpha value is -3.87. The minimum Gasteiger partial charge on any atom is -0.490 e. The highest BCUT2D eigenvalue weighted by molar-refractivity contribution is 5.95. The number of rotatable bonds is 10. The molecule has 0 aliphatic heterocycles. The first-order valence-electron chi connectivity index (χ1n) is 12.1. The molecule has 0 unspecified atom stereocenters. The first-order chi connectivity index (χ1) is 17.1. The van der Waals surface area contributed by atoms with Crippen LogP contribution in [0.5, 0.6) is 11.5 Å². The van der Waals surface area contributed by atoms with Gasteiger partial charge in [-0.25, -0.2) is 0 Å². The molecule has 1 aromatic heterocycles. The number of pyridine rings is 1. The van der Waals surface area contributed by atoms with E-state index in [1.165, 1.54) is 0 Å². The van der Waals surface area contributed by atoms with Crippen LogP contribution in [0.3, 0.4) is 0 Å². The molecule has 0 bridgehead atoms. The Bertz CT molecular complexity index is 1140. The van der Waals surface area contributed by atoms with E-state index in [0.717, 1.165) is 42.5 Å². The van der Waals surface area contributed by atoms with E-state index in [4.69, 9.17) is 9.47 Å². The summed E-state index contributed by atoms with van der Waals surface area (Å²) in [7, 11) is 0. The van der Waals surface area contributed by atoms with Gasteiger partial charge in [0.1, 0.15) is 6.61 Å². The van der Waals surface area contributed by atoms with Gasteiger partial charge in [0.2, 0.25) is 5.91 Å². The van der Waals surface area contributed by atoms with Crippen molar-refractivity contribution in [2.24, 2.45) is 5.92 Å². The highest BCUT2D eigenvalue weighted by atomic mass is 16.5. The third kappa shape index (κ3) is 6.82. The lowest BCUT2D eigenvalue weighted by Gasteiger charge is -2.14. The highest BCUT2D eigenvalue weighted by Gasteiger charge is 2.22. The highest BCUT2D eigenvalue weighted by Crippen LogP contribution is 2.29. The van der Waals surface area contributed by atoms with Crippen molar-refractivity contribution in [3.05, 3.63) is 83.7 Å². The molecule has 0 radical (unpaired) electrons. The van der Waals surface area contributed by atoms with Gasteiger partial charge in [0.25, 0.3) is 5.91 Å². The molecule has 0 saturated heterocycles. The zero-order chi connectivity index (χ0) is 24.5. The minimum atomic E-state index is -0.216. The standard InChI is InChI=1S/C28H31N3O4/c1-2-34-26-17-23(10-11-25(26)35-19-20-12-14-29-15-13-20)27(32)30-18-21-6-5-9-24(16-21)31-28(33)22-7-3-4-8-22/h5-6,9-17,22H,2-4,7-8,18-19H2,1H3,(H,30,32)(H,31,33). The Morgan fingerprint density at radius 3 is 2.51 bits per heavy atom. The van der Waals surface area contributed by atoms with Gasteiger partial charge in [0.05, 0.1) is 6.61 Å². The van der Waals surface area contributed by atoms with E-state index >= 15 is 0 Å². The number of nitrogens with one attached hydrogen (secondary N) is 2. The van der Waals surface area contributed by atoms with E-state index in [-0.39, 0.29) is 17.7 Å². The fraction of sp³-hybridized carbons (Fsp3) is 0.321. The molecule has 1 aliphatic rings. The van der Waals surface area contributed by atoms with Crippen LogP contribution in [-0.4, -0.2) is 23.4 Å². The molecule has 2 aromatic carbocycles. The molecule has 0 atom stereocenters. The number of amides is 2. The maximum Gasteiger partial charge on any atom is 0.251 e. The fourth-order valence-electron chi connectivity index (χ4n) is 4.15. The summed E-state index contributed by atoms with van der Waals surface area (Å²) >= 11 is 0.